The summed E-state index contributed by atoms with van der Waals surface area (Å²) in [5.74, 6) is -0.803. The zero-order valence-electron chi connectivity index (χ0n) is 11.9. The molecule has 0 amide bonds. The molecule has 0 aliphatic heterocycles. The van der Waals surface area contributed by atoms with E-state index in [1.807, 2.05) is 0 Å². The molecular formula is C15H9NaO5S. The Morgan fingerprint density at radius 1 is 0.818 bits per heavy atom. The van der Waals surface area contributed by atoms with E-state index in [1.165, 1.54) is 6.07 Å². The van der Waals surface area contributed by atoms with Gasteiger partial charge in [0.1, 0.15) is 10.1 Å². The molecule has 1 aliphatic carbocycles. The van der Waals surface area contributed by atoms with Gasteiger partial charge >= 0.3 is 29.6 Å². The third kappa shape index (κ3) is 2.68. The predicted octanol–water partition coefficient (Wildman–Crippen LogP) is -1.32. The molecule has 0 unspecified atom stereocenters. The average Bonchev–Trinajstić information content (AvgIpc) is 2.43. The molecule has 0 N–H and O–H groups in total. The number of rotatable bonds is 1. The largest absolute Gasteiger partial charge is 1.00 e. The summed E-state index contributed by atoms with van der Waals surface area (Å²) in [6.07, 6.45) is 0. The first-order valence-electron chi connectivity index (χ1n) is 6.09. The monoisotopic (exact) mass is 324 g/mol. The molecule has 1 aliphatic rings. The molecule has 0 fully saturated rings. The van der Waals surface area contributed by atoms with Crippen LogP contribution < -0.4 is 29.6 Å². The van der Waals surface area contributed by atoms with Crippen molar-refractivity contribution < 1.29 is 52.1 Å². The van der Waals surface area contributed by atoms with E-state index in [4.69, 9.17) is 0 Å². The first kappa shape index (κ1) is 17.1. The Hall–Kier alpha value is -1.31. The number of hydrogen-bond donors (Lipinski definition) is 0. The zero-order valence-corrected chi connectivity index (χ0v) is 14.7. The molecule has 0 heterocycles. The van der Waals surface area contributed by atoms with Gasteiger partial charge in [0.15, 0.2) is 11.6 Å². The summed E-state index contributed by atoms with van der Waals surface area (Å²) in [5.41, 5.74) is 1.40. The number of benzene rings is 2. The minimum absolute atomic E-state index is 0. The fourth-order valence-corrected chi connectivity index (χ4v) is 2.90. The topological polar surface area (TPSA) is 91.3 Å². The van der Waals surface area contributed by atoms with Crippen LogP contribution in [0.15, 0.2) is 41.3 Å². The minimum Gasteiger partial charge on any atom is -0.744 e. The molecule has 2 aromatic rings. The number of carbonyl (C=O) groups excluding carboxylic acids is 2. The zero-order chi connectivity index (χ0) is 15.4. The Morgan fingerprint density at radius 3 is 1.91 bits per heavy atom. The molecule has 0 saturated heterocycles. The number of fused-ring (bicyclic) bond motifs is 2. The fourth-order valence-electron chi connectivity index (χ4n) is 2.40. The van der Waals surface area contributed by atoms with Gasteiger partial charge in [0.05, 0.1) is 4.90 Å². The first-order chi connectivity index (χ1) is 9.79. The van der Waals surface area contributed by atoms with E-state index in [0.29, 0.717) is 0 Å². The van der Waals surface area contributed by atoms with E-state index in [9.17, 15) is 22.6 Å². The van der Waals surface area contributed by atoms with Crippen molar-refractivity contribution in [1.82, 2.24) is 0 Å². The van der Waals surface area contributed by atoms with Crippen LogP contribution in [0.3, 0.4) is 0 Å². The molecule has 0 spiro atoms. The summed E-state index contributed by atoms with van der Waals surface area (Å²) in [4.78, 5) is 24.3. The number of ketones is 2. The van der Waals surface area contributed by atoms with Crippen molar-refractivity contribution in [3.63, 3.8) is 0 Å². The van der Waals surface area contributed by atoms with Crippen molar-refractivity contribution in [1.29, 1.82) is 0 Å². The van der Waals surface area contributed by atoms with Crippen LogP contribution in [0, 0.1) is 6.92 Å². The summed E-state index contributed by atoms with van der Waals surface area (Å²) in [6.45, 7) is 1.78. The maximum Gasteiger partial charge on any atom is 1.00 e. The van der Waals surface area contributed by atoms with E-state index in [-0.39, 0.29) is 57.6 Å². The van der Waals surface area contributed by atoms with Gasteiger partial charge in [-0.15, -0.1) is 0 Å². The quantitative estimate of drug-likeness (QED) is 0.409. The molecule has 106 valence electrons. The van der Waals surface area contributed by atoms with Crippen LogP contribution >= 0.6 is 0 Å². The summed E-state index contributed by atoms with van der Waals surface area (Å²) >= 11 is 0. The Balaban J connectivity index is 0.00000176. The number of carbonyl (C=O) groups is 2. The fraction of sp³-hybridized carbons (Fsp3) is 0.0667. The normalized spacial score (nSPS) is 13.2. The van der Waals surface area contributed by atoms with Crippen LogP contribution in [0.2, 0.25) is 0 Å². The molecule has 7 heteroatoms. The Bertz CT molecular complexity index is 916. The van der Waals surface area contributed by atoms with Gasteiger partial charge in [-0.1, -0.05) is 17.7 Å². The van der Waals surface area contributed by atoms with Gasteiger partial charge < -0.3 is 4.55 Å². The molecular weight excluding hydrogens is 315 g/mol. The van der Waals surface area contributed by atoms with Crippen molar-refractivity contribution in [2.24, 2.45) is 0 Å². The van der Waals surface area contributed by atoms with Gasteiger partial charge in [0, 0.05) is 22.3 Å². The van der Waals surface area contributed by atoms with Crippen LogP contribution in [0.4, 0.5) is 0 Å². The Morgan fingerprint density at radius 2 is 1.32 bits per heavy atom. The van der Waals surface area contributed by atoms with Crippen molar-refractivity contribution >= 4 is 21.7 Å². The minimum atomic E-state index is -4.68. The molecule has 0 atom stereocenters. The maximum absolute atomic E-state index is 12.4. The summed E-state index contributed by atoms with van der Waals surface area (Å²) < 4.78 is 33.2. The van der Waals surface area contributed by atoms with Gasteiger partial charge in [-0.05, 0) is 31.2 Å². The van der Waals surface area contributed by atoms with Crippen LogP contribution in [-0.2, 0) is 10.1 Å². The molecule has 2 aromatic carbocycles. The molecule has 0 radical (unpaired) electrons. The molecule has 0 bridgehead atoms. The molecule has 5 nitrogen and oxygen atoms in total. The summed E-state index contributed by atoms with van der Waals surface area (Å²) in [5, 5.41) is 0. The second kappa shape index (κ2) is 5.72. The number of aryl methyl sites for hydroxylation is 1. The second-order valence-electron chi connectivity index (χ2n) is 4.87. The van der Waals surface area contributed by atoms with Crippen LogP contribution in [0.1, 0.15) is 37.4 Å². The Labute approximate surface area is 149 Å². The van der Waals surface area contributed by atoms with Crippen LogP contribution in [-0.4, -0.2) is 24.5 Å². The van der Waals surface area contributed by atoms with Gasteiger partial charge in [0.25, 0.3) is 0 Å². The third-order valence-corrected chi connectivity index (χ3v) is 4.26. The third-order valence-electron chi connectivity index (χ3n) is 3.43. The molecule has 0 aromatic heterocycles. The van der Waals surface area contributed by atoms with Crippen molar-refractivity contribution in [2.45, 2.75) is 11.8 Å². The SMILES string of the molecule is Cc1ccc2c(c1)C(=O)c1cc(S(=O)(=O)[O-])ccc1C2=O.[Na+]. The van der Waals surface area contributed by atoms with Gasteiger partial charge in [-0.25, -0.2) is 8.42 Å². The van der Waals surface area contributed by atoms with E-state index in [0.717, 1.165) is 17.7 Å². The molecule has 22 heavy (non-hydrogen) atoms. The van der Waals surface area contributed by atoms with E-state index in [1.54, 1.807) is 25.1 Å². The van der Waals surface area contributed by atoms with Crippen LogP contribution in [0.5, 0.6) is 0 Å². The van der Waals surface area contributed by atoms with E-state index < -0.39 is 20.8 Å². The first-order valence-corrected chi connectivity index (χ1v) is 7.50. The summed E-state index contributed by atoms with van der Waals surface area (Å²) in [7, 11) is -4.68. The smallest absolute Gasteiger partial charge is 0.744 e. The summed E-state index contributed by atoms with van der Waals surface area (Å²) in [6, 6.07) is 8.12. The van der Waals surface area contributed by atoms with Crippen LogP contribution in [0.25, 0.3) is 0 Å². The van der Waals surface area contributed by atoms with Crippen molar-refractivity contribution in [3.05, 3.63) is 64.2 Å². The molecule has 3 rings (SSSR count). The van der Waals surface area contributed by atoms with Gasteiger partial charge in [0.2, 0.25) is 0 Å². The Kier molecular flexibility index (Phi) is 4.43. The van der Waals surface area contributed by atoms with E-state index in [2.05, 4.69) is 0 Å². The average molecular weight is 324 g/mol. The second-order valence-corrected chi connectivity index (χ2v) is 6.25. The molecule has 0 saturated carbocycles. The standard InChI is InChI=1S/C15H10O5S.Na/c1-8-2-4-10-12(6-8)15(17)13-7-9(21(18,19)20)3-5-11(13)14(10)16;/h2-7H,1H3,(H,18,19,20);/q;+1/p-1. The van der Waals surface area contributed by atoms with Gasteiger partial charge in [-0.2, -0.15) is 0 Å². The maximum atomic E-state index is 12.4. The van der Waals surface area contributed by atoms with Gasteiger partial charge in [-0.3, -0.25) is 9.59 Å². The number of hydrogen-bond acceptors (Lipinski definition) is 5. The predicted molar refractivity (Wildman–Crippen MR) is 72.4 cm³/mol. The van der Waals surface area contributed by atoms with Crippen molar-refractivity contribution in [3.8, 4) is 0 Å². The van der Waals surface area contributed by atoms with E-state index >= 15 is 0 Å². The van der Waals surface area contributed by atoms with Crippen molar-refractivity contribution in [2.75, 3.05) is 0 Å².